The van der Waals surface area contributed by atoms with Crippen molar-refractivity contribution in [3.63, 3.8) is 0 Å². The van der Waals surface area contributed by atoms with Crippen molar-refractivity contribution >= 4 is 0 Å². The highest BCUT2D eigenvalue weighted by molar-refractivity contribution is 5.25. The minimum atomic E-state index is -0.348. The highest BCUT2D eigenvalue weighted by Gasteiger charge is 2.52. The highest BCUT2D eigenvalue weighted by Crippen LogP contribution is 2.60. The summed E-state index contributed by atoms with van der Waals surface area (Å²) < 4.78 is 10.9. The maximum Gasteiger partial charge on any atom is 0.283 e. The van der Waals surface area contributed by atoms with Gasteiger partial charge >= 0.3 is 0 Å². The van der Waals surface area contributed by atoms with Crippen LogP contribution in [0.25, 0.3) is 0 Å². The molecule has 3 nitrogen and oxygen atoms in total. The standard InChI is InChI=1S/C18H21NO2/c1-2-15(17-20-4-5-21-17)19-16(3-1)18-9-12-6-13(10-18)8-14(7-12)11-18/h1-5,12-14,17H,6-11H2. The minimum Gasteiger partial charge on any atom is -0.454 e. The van der Waals surface area contributed by atoms with E-state index in [1.54, 1.807) is 12.5 Å². The molecule has 0 N–H and O–H groups in total. The first-order valence-electron chi connectivity index (χ1n) is 8.24. The van der Waals surface area contributed by atoms with E-state index in [4.69, 9.17) is 14.5 Å². The van der Waals surface area contributed by atoms with Gasteiger partial charge in [0.15, 0.2) is 0 Å². The summed E-state index contributed by atoms with van der Waals surface area (Å²) in [5.41, 5.74) is 2.54. The molecule has 0 radical (unpaired) electrons. The van der Waals surface area contributed by atoms with E-state index < -0.39 is 0 Å². The number of aromatic nitrogens is 1. The molecule has 0 unspecified atom stereocenters. The molecular formula is C18H21NO2. The molecule has 0 atom stereocenters. The number of ether oxygens (including phenoxy) is 2. The first-order chi connectivity index (χ1) is 10.3. The number of nitrogens with zero attached hydrogens (tertiary/aromatic N) is 1. The molecule has 4 bridgehead atoms. The average Bonchev–Trinajstić information content (AvgIpc) is 3.00. The molecular weight excluding hydrogens is 262 g/mol. The van der Waals surface area contributed by atoms with Crippen LogP contribution in [0.15, 0.2) is 30.7 Å². The van der Waals surface area contributed by atoms with Gasteiger partial charge in [0.1, 0.15) is 18.2 Å². The normalized spacial score (nSPS) is 40.3. The third-order valence-electron chi connectivity index (χ3n) is 6.05. The lowest BCUT2D eigenvalue weighted by Gasteiger charge is -2.56. The van der Waals surface area contributed by atoms with E-state index in [1.165, 1.54) is 44.2 Å². The smallest absolute Gasteiger partial charge is 0.283 e. The van der Waals surface area contributed by atoms with E-state index in [0.29, 0.717) is 5.41 Å². The lowest BCUT2D eigenvalue weighted by atomic mass is 9.49. The summed E-state index contributed by atoms with van der Waals surface area (Å²) in [4.78, 5) is 4.95. The third-order valence-corrected chi connectivity index (χ3v) is 6.05. The summed E-state index contributed by atoms with van der Waals surface area (Å²) in [6, 6.07) is 6.38. The summed E-state index contributed by atoms with van der Waals surface area (Å²) >= 11 is 0. The van der Waals surface area contributed by atoms with Crippen molar-refractivity contribution in [3.8, 4) is 0 Å². The molecule has 1 aromatic heterocycles. The molecule has 21 heavy (non-hydrogen) atoms. The lowest BCUT2D eigenvalue weighted by molar-refractivity contribution is -0.0299. The topological polar surface area (TPSA) is 31.4 Å². The maximum absolute atomic E-state index is 5.45. The van der Waals surface area contributed by atoms with Gasteiger partial charge in [0.2, 0.25) is 0 Å². The molecule has 0 saturated heterocycles. The number of hydrogen-bond donors (Lipinski definition) is 0. The molecule has 110 valence electrons. The number of hydrogen-bond acceptors (Lipinski definition) is 3. The van der Waals surface area contributed by atoms with Crippen LogP contribution in [0.1, 0.15) is 56.2 Å². The van der Waals surface area contributed by atoms with Gasteiger partial charge in [-0.2, -0.15) is 0 Å². The molecule has 6 rings (SSSR count). The molecule has 1 aliphatic heterocycles. The highest BCUT2D eigenvalue weighted by atomic mass is 16.7. The Morgan fingerprint density at radius 1 is 0.905 bits per heavy atom. The summed E-state index contributed by atoms with van der Waals surface area (Å²) in [5.74, 6) is 2.84. The first kappa shape index (κ1) is 12.1. The fourth-order valence-electron chi connectivity index (χ4n) is 5.68. The predicted molar refractivity (Wildman–Crippen MR) is 78.1 cm³/mol. The van der Waals surface area contributed by atoms with Gasteiger partial charge < -0.3 is 9.47 Å². The zero-order valence-electron chi connectivity index (χ0n) is 12.2. The fraction of sp³-hybridized carbons (Fsp3) is 0.611. The van der Waals surface area contributed by atoms with Crippen molar-refractivity contribution in [3.05, 3.63) is 42.1 Å². The molecule has 1 aromatic rings. The van der Waals surface area contributed by atoms with Gasteiger partial charge in [-0.1, -0.05) is 6.07 Å². The van der Waals surface area contributed by atoms with Crippen LogP contribution in [-0.4, -0.2) is 4.98 Å². The van der Waals surface area contributed by atoms with Gasteiger partial charge in [-0.25, -0.2) is 4.98 Å². The molecule has 0 spiro atoms. The lowest BCUT2D eigenvalue weighted by Crippen LogP contribution is -2.49. The molecule has 4 saturated carbocycles. The van der Waals surface area contributed by atoms with Crippen LogP contribution in [-0.2, 0) is 14.9 Å². The van der Waals surface area contributed by atoms with Crippen molar-refractivity contribution in [1.29, 1.82) is 0 Å². The van der Waals surface area contributed by atoms with Crippen LogP contribution in [0.2, 0.25) is 0 Å². The molecule has 4 aliphatic carbocycles. The van der Waals surface area contributed by atoms with Crippen LogP contribution in [0.4, 0.5) is 0 Å². The largest absolute Gasteiger partial charge is 0.454 e. The molecule has 0 amide bonds. The van der Waals surface area contributed by atoms with Crippen LogP contribution in [0.3, 0.4) is 0 Å². The van der Waals surface area contributed by atoms with Crippen molar-refractivity contribution in [2.75, 3.05) is 0 Å². The predicted octanol–water partition coefficient (Wildman–Crippen LogP) is 4.07. The number of rotatable bonds is 2. The van der Waals surface area contributed by atoms with Crippen molar-refractivity contribution in [2.24, 2.45) is 17.8 Å². The molecule has 2 heterocycles. The third kappa shape index (κ3) is 1.82. The van der Waals surface area contributed by atoms with E-state index in [1.807, 2.05) is 6.07 Å². The summed E-state index contributed by atoms with van der Waals surface area (Å²) in [7, 11) is 0. The monoisotopic (exact) mass is 283 g/mol. The zero-order chi connectivity index (χ0) is 13.9. The van der Waals surface area contributed by atoms with E-state index in [0.717, 1.165) is 23.4 Å². The van der Waals surface area contributed by atoms with E-state index in [2.05, 4.69) is 12.1 Å². The van der Waals surface area contributed by atoms with E-state index >= 15 is 0 Å². The fourth-order valence-corrected chi connectivity index (χ4v) is 5.68. The van der Waals surface area contributed by atoms with Gasteiger partial charge in [0.05, 0.1) is 0 Å². The van der Waals surface area contributed by atoms with Gasteiger partial charge in [-0.3, -0.25) is 0 Å². The molecule has 3 heteroatoms. The van der Waals surface area contributed by atoms with E-state index in [-0.39, 0.29) is 6.29 Å². The Labute approximate surface area is 125 Å². The summed E-state index contributed by atoms with van der Waals surface area (Å²) in [5, 5.41) is 0. The Bertz CT molecular complexity index is 551. The Balaban J connectivity index is 1.51. The second-order valence-corrected chi connectivity index (χ2v) is 7.52. The zero-order valence-corrected chi connectivity index (χ0v) is 12.2. The SMILES string of the molecule is C1=COC(c2cccc(C34CC5CC(CC(C5)C3)C4)n2)O1. The van der Waals surface area contributed by atoms with Crippen molar-refractivity contribution in [2.45, 2.75) is 50.2 Å². The Morgan fingerprint density at radius 2 is 1.52 bits per heavy atom. The molecule has 0 aromatic carbocycles. The first-order valence-corrected chi connectivity index (χ1v) is 8.24. The summed E-state index contributed by atoms with van der Waals surface area (Å²) in [6.45, 7) is 0. The van der Waals surface area contributed by atoms with E-state index in [9.17, 15) is 0 Å². The Hall–Kier alpha value is -1.51. The Morgan fingerprint density at radius 3 is 2.14 bits per heavy atom. The van der Waals surface area contributed by atoms with Gasteiger partial charge in [-0.15, -0.1) is 0 Å². The van der Waals surface area contributed by atoms with Crippen molar-refractivity contribution < 1.29 is 9.47 Å². The van der Waals surface area contributed by atoms with Crippen LogP contribution < -0.4 is 0 Å². The maximum atomic E-state index is 5.45. The quantitative estimate of drug-likeness (QED) is 0.820. The van der Waals surface area contributed by atoms with Crippen LogP contribution in [0.5, 0.6) is 0 Å². The van der Waals surface area contributed by atoms with Crippen molar-refractivity contribution in [1.82, 2.24) is 4.98 Å². The van der Waals surface area contributed by atoms with Gasteiger partial charge in [0, 0.05) is 11.1 Å². The van der Waals surface area contributed by atoms with Crippen LogP contribution in [0, 0.1) is 17.8 Å². The van der Waals surface area contributed by atoms with Gasteiger partial charge in [0.25, 0.3) is 6.29 Å². The second kappa shape index (κ2) is 4.25. The van der Waals surface area contributed by atoms with Gasteiger partial charge in [-0.05, 0) is 68.4 Å². The van der Waals surface area contributed by atoms with Crippen LogP contribution >= 0.6 is 0 Å². The Kier molecular flexibility index (Phi) is 2.44. The number of pyridine rings is 1. The molecule has 5 aliphatic rings. The second-order valence-electron chi connectivity index (χ2n) is 7.52. The minimum absolute atomic E-state index is 0.344. The summed E-state index contributed by atoms with van der Waals surface area (Å²) in [6.07, 6.45) is 11.3. The molecule has 4 fully saturated rings. The average molecular weight is 283 g/mol.